The molecule has 148 valence electrons. The van der Waals surface area contributed by atoms with Gasteiger partial charge in [-0.05, 0) is 38.5 Å². The van der Waals surface area contributed by atoms with Gasteiger partial charge in [0.2, 0.25) is 4.80 Å². The van der Waals surface area contributed by atoms with E-state index < -0.39 is 4.92 Å². The summed E-state index contributed by atoms with van der Waals surface area (Å²) >= 11 is 1.48. The zero-order valence-electron chi connectivity index (χ0n) is 16.6. The number of nitro groups is 1. The molecule has 0 saturated carbocycles. The van der Waals surface area contributed by atoms with Crippen LogP contribution in [0.25, 0.3) is 11.3 Å². The Morgan fingerprint density at radius 2 is 1.79 bits per heavy atom. The third-order valence-electron chi connectivity index (χ3n) is 4.26. The molecule has 0 saturated heterocycles. The molecule has 1 aromatic heterocycles. The summed E-state index contributed by atoms with van der Waals surface area (Å²) in [6, 6.07) is 14.6. The van der Waals surface area contributed by atoms with Gasteiger partial charge in [-0.2, -0.15) is 5.10 Å². The second-order valence-electron chi connectivity index (χ2n) is 6.84. The highest BCUT2D eigenvalue weighted by molar-refractivity contribution is 7.07. The third-order valence-corrected chi connectivity index (χ3v) is 5.12. The Morgan fingerprint density at radius 3 is 2.38 bits per heavy atom. The van der Waals surface area contributed by atoms with Gasteiger partial charge in [-0.15, -0.1) is 11.3 Å². The number of rotatable bonds is 6. The molecule has 0 amide bonds. The molecule has 3 rings (SSSR count). The van der Waals surface area contributed by atoms with E-state index in [0.29, 0.717) is 6.54 Å². The second kappa shape index (κ2) is 8.79. The van der Waals surface area contributed by atoms with Crippen LogP contribution in [0.5, 0.6) is 0 Å². The van der Waals surface area contributed by atoms with Gasteiger partial charge in [-0.3, -0.25) is 15.1 Å². The van der Waals surface area contributed by atoms with Gasteiger partial charge in [-0.1, -0.05) is 42.0 Å². The van der Waals surface area contributed by atoms with Crippen LogP contribution in [0.4, 0.5) is 5.69 Å². The molecular weight excluding hydrogens is 384 g/mol. The minimum atomic E-state index is -0.404. The Balaban J connectivity index is 2.11. The fraction of sp³-hybridized carbons (Fsp3) is 0.182. The number of nitro benzene ring substituents is 1. The minimum Gasteiger partial charge on any atom is -0.258 e. The van der Waals surface area contributed by atoms with Crippen LogP contribution in [0.3, 0.4) is 0 Å². The van der Waals surface area contributed by atoms with Crippen LogP contribution < -0.4 is 4.80 Å². The first-order chi connectivity index (χ1) is 13.8. The Morgan fingerprint density at radius 1 is 1.14 bits per heavy atom. The number of aryl methyl sites for hydroxylation is 1. The second-order valence-corrected chi connectivity index (χ2v) is 7.68. The van der Waals surface area contributed by atoms with Crippen LogP contribution in [-0.2, 0) is 0 Å². The fourth-order valence-corrected chi connectivity index (χ4v) is 3.49. The predicted octanol–water partition coefficient (Wildman–Crippen LogP) is 5.18. The molecule has 6 nitrogen and oxygen atoms in total. The molecule has 3 aromatic rings. The monoisotopic (exact) mass is 406 g/mol. The highest BCUT2D eigenvalue weighted by Gasteiger charge is 2.11. The van der Waals surface area contributed by atoms with Crippen LogP contribution in [-0.4, -0.2) is 21.9 Å². The van der Waals surface area contributed by atoms with Crippen molar-refractivity contribution in [2.75, 3.05) is 6.54 Å². The van der Waals surface area contributed by atoms with Gasteiger partial charge in [0.15, 0.2) is 0 Å². The molecule has 0 radical (unpaired) electrons. The lowest BCUT2D eigenvalue weighted by atomic mass is 10.1. The lowest BCUT2D eigenvalue weighted by molar-refractivity contribution is -0.384. The summed E-state index contributed by atoms with van der Waals surface area (Å²) in [6.07, 6.45) is 0. The summed E-state index contributed by atoms with van der Waals surface area (Å²) in [5.74, 6) is 0. The number of benzene rings is 2. The molecule has 0 spiro atoms. The first-order valence-corrected chi connectivity index (χ1v) is 9.96. The molecule has 7 heteroatoms. The molecule has 0 atom stereocenters. The van der Waals surface area contributed by atoms with E-state index in [2.05, 4.69) is 23.7 Å². The van der Waals surface area contributed by atoms with E-state index in [4.69, 9.17) is 5.10 Å². The van der Waals surface area contributed by atoms with Crippen molar-refractivity contribution in [2.45, 2.75) is 20.8 Å². The zero-order valence-corrected chi connectivity index (χ0v) is 17.4. The zero-order chi connectivity index (χ0) is 21.0. The summed E-state index contributed by atoms with van der Waals surface area (Å²) in [7, 11) is 0. The van der Waals surface area contributed by atoms with E-state index in [0.717, 1.165) is 32.9 Å². The SMILES string of the molecule is C=C(C)CN=c1scc(-c2ccc([N+](=O)[O-])cc2)n1N=C(C)c1ccc(C)cc1. The maximum atomic E-state index is 11.0. The van der Waals surface area contributed by atoms with Gasteiger partial charge < -0.3 is 0 Å². The average molecular weight is 407 g/mol. The summed E-state index contributed by atoms with van der Waals surface area (Å²) in [5, 5.41) is 17.7. The maximum absolute atomic E-state index is 11.0. The molecule has 0 N–H and O–H groups in total. The van der Waals surface area contributed by atoms with Crippen molar-refractivity contribution in [1.29, 1.82) is 0 Å². The number of non-ortho nitro benzene ring substituents is 1. The number of nitrogens with zero attached hydrogens (tertiary/aromatic N) is 4. The summed E-state index contributed by atoms with van der Waals surface area (Å²) in [6.45, 7) is 10.4. The molecule has 0 unspecified atom stereocenters. The van der Waals surface area contributed by atoms with Crippen LogP contribution in [0.1, 0.15) is 25.0 Å². The highest BCUT2D eigenvalue weighted by Crippen LogP contribution is 2.23. The van der Waals surface area contributed by atoms with E-state index in [9.17, 15) is 10.1 Å². The smallest absolute Gasteiger partial charge is 0.258 e. The maximum Gasteiger partial charge on any atom is 0.269 e. The van der Waals surface area contributed by atoms with Crippen molar-refractivity contribution in [2.24, 2.45) is 10.1 Å². The normalized spacial score (nSPS) is 12.2. The van der Waals surface area contributed by atoms with Crippen molar-refractivity contribution in [1.82, 2.24) is 4.68 Å². The van der Waals surface area contributed by atoms with Crippen LogP contribution >= 0.6 is 11.3 Å². The van der Waals surface area contributed by atoms with E-state index in [1.807, 2.05) is 38.3 Å². The summed E-state index contributed by atoms with van der Waals surface area (Å²) in [5.41, 5.74) is 5.75. The van der Waals surface area contributed by atoms with E-state index >= 15 is 0 Å². The van der Waals surface area contributed by atoms with Gasteiger partial charge in [0.05, 0.1) is 22.9 Å². The van der Waals surface area contributed by atoms with E-state index in [1.54, 1.807) is 16.8 Å². The molecule has 0 fully saturated rings. The standard InChI is InChI=1S/C22H22N4O2S/c1-15(2)13-23-22-25(24-17(4)18-7-5-16(3)6-8-18)21(14-29-22)19-9-11-20(12-10-19)26(27)28/h5-12,14H,1,13H2,2-4H3. The van der Waals surface area contributed by atoms with Gasteiger partial charge in [0.25, 0.3) is 5.69 Å². The first-order valence-electron chi connectivity index (χ1n) is 9.08. The van der Waals surface area contributed by atoms with Crippen molar-refractivity contribution in [3.63, 3.8) is 0 Å². The largest absolute Gasteiger partial charge is 0.269 e. The number of hydrogen-bond acceptors (Lipinski definition) is 5. The number of thiazole rings is 1. The molecular formula is C22H22N4O2S. The van der Waals surface area contributed by atoms with Crippen LogP contribution in [0.2, 0.25) is 0 Å². The molecule has 0 aliphatic rings. The Bertz CT molecular complexity index is 1140. The Labute approximate surface area is 173 Å². The Kier molecular flexibility index (Phi) is 6.19. The van der Waals surface area contributed by atoms with Crippen molar-refractivity contribution < 1.29 is 4.92 Å². The van der Waals surface area contributed by atoms with Crippen LogP contribution in [0.15, 0.2) is 76.2 Å². The minimum absolute atomic E-state index is 0.0575. The topological polar surface area (TPSA) is 72.8 Å². The van der Waals surface area contributed by atoms with Crippen molar-refractivity contribution >= 4 is 22.7 Å². The molecule has 0 aliphatic heterocycles. The predicted molar refractivity (Wildman–Crippen MR) is 118 cm³/mol. The van der Waals surface area contributed by atoms with Crippen molar-refractivity contribution in [3.8, 4) is 11.3 Å². The molecule has 0 bridgehead atoms. The van der Waals surface area contributed by atoms with Gasteiger partial charge in [0, 0.05) is 23.1 Å². The van der Waals surface area contributed by atoms with Gasteiger partial charge in [0.1, 0.15) is 0 Å². The van der Waals surface area contributed by atoms with Crippen molar-refractivity contribution in [3.05, 3.63) is 92.1 Å². The number of aromatic nitrogens is 1. The average Bonchev–Trinajstić information content (AvgIpc) is 3.09. The molecule has 2 aromatic carbocycles. The van der Waals surface area contributed by atoms with Gasteiger partial charge in [-0.25, -0.2) is 4.68 Å². The third kappa shape index (κ3) is 4.94. The molecule has 0 aliphatic carbocycles. The molecule has 29 heavy (non-hydrogen) atoms. The Hall–Kier alpha value is -3.32. The van der Waals surface area contributed by atoms with Crippen LogP contribution in [0, 0.1) is 17.0 Å². The van der Waals surface area contributed by atoms with E-state index in [-0.39, 0.29) is 5.69 Å². The molecule has 1 heterocycles. The van der Waals surface area contributed by atoms with Gasteiger partial charge >= 0.3 is 0 Å². The number of hydrogen-bond donors (Lipinski definition) is 0. The van der Waals surface area contributed by atoms with E-state index in [1.165, 1.54) is 29.0 Å². The summed E-state index contributed by atoms with van der Waals surface area (Å²) < 4.78 is 1.80. The fourth-order valence-electron chi connectivity index (χ4n) is 2.66. The summed E-state index contributed by atoms with van der Waals surface area (Å²) in [4.78, 5) is 15.9. The quantitative estimate of drug-likeness (QED) is 0.245. The highest BCUT2D eigenvalue weighted by atomic mass is 32.1. The lowest BCUT2D eigenvalue weighted by Gasteiger charge is -2.07. The lowest BCUT2D eigenvalue weighted by Crippen LogP contribution is -2.15. The first kappa shape index (κ1) is 20.4.